The van der Waals surface area contributed by atoms with Crippen molar-refractivity contribution in [2.24, 2.45) is 5.92 Å². The van der Waals surface area contributed by atoms with Crippen molar-refractivity contribution >= 4 is 11.8 Å². The molecule has 0 unspecified atom stereocenters. The summed E-state index contributed by atoms with van der Waals surface area (Å²) in [7, 11) is 0. The highest BCUT2D eigenvalue weighted by Crippen LogP contribution is 2.49. The summed E-state index contributed by atoms with van der Waals surface area (Å²) in [5.41, 5.74) is 6.60. The molecule has 0 bridgehead atoms. The number of allylic oxidation sites excluding steroid dienone is 6. The number of nitrogens with zero attached hydrogens (tertiary/aromatic N) is 3. The van der Waals surface area contributed by atoms with Gasteiger partial charge in [-0.15, -0.1) is 0 Å². The van der Waals surface area contributed by atoms with E-state index in [4.69, 9.17) is 11.3 Å². The van der Waals surface area contributed by atoms with E-state index in [1.54, 1.807) is 0 Å². The maximum absolute atomic E-state index is 9.52. The van der Waals surface area contributed by atoms with Crippen molar-refractivity contribution in [2.75, 3.05) is 18.0 Å². The Morgan fingerprint density at radius 1 is 1.03 bits per heavy atom. The summed E-state index contributed by atoms with van der Waals surface area (Å²) in [6.45, 7) is 19.2. The molecule has 3 aliphatic heterocycles. The van der Waals surface area contributed by atoms with Gasteiger partial charge in [-0.05, 0) is 89.1 Å². The third-order valence-corrected chi connectivity index (χ3v) is 8.69. The SMILES string of the molecule is [C-]#[N+]/C(C#N)=C1C=C(/C=C/c2cc3c4c(c2)C(C)(C)CCN4CCC3(C)C)OC(C2CCCCC2)=C/1. The first-order valence-electron chi connectivity index (χ1n) is 13.5. The molecule has 5 rings (SSSR count). The molecule has 1 saturated carbocycles. The minimum Gasteiger partial charge on any atom is -0.462 e. The molecule has 0 amide bonds. The van der Waals surface area contributed by atoms with Crippen LogP contribution < -0.4 is 4.90 Å². The maximum atomic E-state index is 9.52. The number of hydrogen-bond donors (Lipinski definition) is 0. The van der Waals surface area contributed by atoms with E-state index >= 15 is 0 Å². The first kappa shape index (κ1) is 24.5. The van der Waals surface area contributed by atoms with Crippen molar-refractivity contribution in [2.45, 2.75) is 83.5 Å². The Bertz CT molecular complexity index is 1210. The number of anilines is 1. The minimum atomic E-state index is 0.124. The molecule has 1 aromatic rings. The van der Waals surface area contributed by atoms with E-state index in [0.29, 0.717) is 17.3 Å². The summed E-state index contributed by atoms with van der Waals surface area (Å²) in [6.07, 6.45) is 16.1. The third kappa shape index (κ3) is 4.51. The van der Waals surface area contributed by atoms with Crippen LogP contribution in [0, 0.1) is 23.8 Å². The van der Waals surface area contributed by atoms with E-state index in [0.717, 1.165) is 31.7 Å². The topological polar surface area (TPSA) is 40.6 Å². The third-order valence-electron chi connectivity index (χ3n) is 8.69. The van der Waals surface area contributed by atoms with Crippen LogP contribution in [0.2, 0.25) is 0 Å². The Labute approximate surface area is 216 Å². The Kier molecular flexibility index (Phi) is 6.34. The minimum absolute atomic E-state index is 0.124. The van der Waals surface area contributed by atoms with Crippen LogP contribution >= 0.6 is 0 Å². The Balaban J connectivity index is 1.53. The molecular weight excluding hydrogens is 442 g/mol. The molecule has 4 heteroatoms. The lowest BCUT2D eigenvalue weighted by molar-refractivity contribution is 0.229. The van der Waals surface area contributed by atoms with Gasteiger partial charge in [-0.1, -0.05) is 53.0 Å². The van der Waals surface area contributed by atoms with Crippen molar-refractivity contribution in [3.8, 4) is 6.07 Å². The van der Waals surface area contributed by atoms with Gasteiger partial charge in [0.15, 0.2) is 0 Å². The van der Waals surface area contributed by atoms with Gasteiger partial charge in [0.2, 0.25) is 0 Å². The normalized spacial score (nSPS) is 24.1. The molecule has 1 fully saturated rings. The number of ether oxygens (including phenoxy) is 1. The molecular formula is C32H37N3O. The van der Waals surface area contributed by atoms with Crippen LogP contribution in [-0.4, -0.2) is 13.1 Å². The zero-order valence-corrected chi connectivity index (χ0v) is 22.2. The summed E-state index contributed by atoms with van der Waals surface area (Å²) in [5.74, 6) is 1.97. The highest BCUT2D eigenvalue weighted by atomic mass is 16.5. The number of rotatable bonds is 3. The molecule has 0 radical (unpaired) electrons. The molecule has 0 atom stereocenters. The fourth-order valence-corrected chi connectivity index (χ4v) is 6.24. The van der Waals surface area contributed by atoms with Crippen molar-refractivity contribution in [1.82, 2.24) is 0 Å². The van der Waals surface area contributed by atoms with Gasteiger partial charge < -0.3 is 9.64 Å². The quantitative estimate of drug-likeness (QED) is 0.326. The average molecular weight is 480 g/mol. The Morgan fingerprint density at radius 3 is 2.25 bits per heavy atom. The predicted molar refractivity (Wildman–Crippen MR) is 146 cm³/mol. The molecule has 186 valence electrons. The molecule has 4 aliphatic rings. The molecule has 0 saturated heterocycles. The van der Waals surface area contributed by atoms with Gasteiger partial charge in [0.05, 0.1) is 12.6 Å². The summed E-state index contributed by atoms with van der Waals surface area (Å²) in [4.78, 5) is 6.06. The van der Waals surface area contributed by atoms with Crippen molar-refractivity contribution < 1.29 is 4.74 Å². The fourth-order valence-electron chi connectivity index (χ4n) is 6.24. The maximum Gasteiger partial charge on any atom is 0.269 e. The largest absolute Gasteiger partial charge is 0.462 e. The molecule has 0 aromatic heterocycles. The first-order chi connectivity index (χ1) is 17.2. The zero-order chi connectivity index (χ0) is 25.5. The van der Waals surface area contributed by atoms with Gasteiger partial charge in [0.25, 0.3) is 5.70 Å². The van der Waals surface area contributed by atoms with Gasteiger partial charge in [-0.25, -0.2) is 10.1 Å². The highest BCUT2D eigenvalue weighted by molar-refractivity contribution is 5.72. The number of benzene rings is 1. The standard InChI is InChI=1S/C32H37N3O/c1-31(2)13-15-35-16-14-32(3,4)27-18-22(17-26(31)30(27)35)11-12-25-19-24(28(21-33)34-5)20-29(36-25)23-9-7-6-8-10-23/h11-12,17-20,23H,6-10,13-16H2,1-4H3/b12-11+,28-24-. The van der Waals surface area contributed by atoms with Crippen molar-refractivity contribution in [3.63, 3.8) is 0 Å². The van der Waals surface area contributed by atoms with E-state index in [9.17, 15) is 5.26 Å². The van der Waals surface area contributed by atoms with E-state index in [-0.39, 0.29) is 16.5 Å². The van der Waals surface area contributed by atoms with Gasteiger partial charge >= 0.3 is 0 Å². The monoisotopic (exact) mass is 479 g/mol. The van der Waals surface area contributed by atoms with E-state index in [2.05, 4.69) is 61.7 Å². The molecule has 0 N–H and O–H groups in total. The van der Waals surface area contributed by atoms with Gasteiger partial charge in [0.1, 0.15) is 11.5 Å². The average Bonchev–Trinajstić information content (AvgIpc) is 2.87. The predicted octanol–water partition coefficient (Wildman–Crippen LogP) is 7.94. The zero-order valence-electron chi connectivity index (χ0n) is 22.2. The summed E-state index contributed by atoms with van der Waals surface area (Å²) < 4.78 is 6.38. The van der Waals surface area contributed by atoms with Crippen LogP contribution in [0.4, 0.5) is 5.69 Å². The Morgan fingerprint density at radius 2 is 1.67 bits per heavy atom. The van der Waals surface area contributed by atoms with Gasteiger partial charge in [0, 0.05) is 24.7 Å². The molecule has 1 aromatic carbocycles. The van der Waals surface area contributed by atoms with Gasteiger partial charge in [-0.3, -0.25) is 0 Å². The second-order valence-corrected chi connectivity index (χ2v) is 12.1. The molecule has 0 spiro atoms. The lowest BCUT2D eigenvalue weighted by atomic mass is 9.69. The van der Waals surface area contributed by atoms with Crippen LogP contribution in [0.25, 0.3) is 10.9 Å². The molecule has 1 aliphatic carbocycles. The lowest BCUT2D eigenvalue weighted by Gasteiger charge is -2.48. The number of hydrogen-bond acceptors (Lipinski definition) is 3. The smallest absolute Gasteiger partial charge is 0.269 e. The van der Waals surface area contributed by atoms with Crippen LogP contribution in [0.15, 0.2) is 53.1 Å². The van der Waals surface area contributed by atoms with Crippen LogP contribution in [0.1, 0.15) is 89.3 Å². The molecule has 4 nitrogen and oxygen atoms in total. The fraction of sp³-hybridized carbons (Fsp3) is 0.500. The van der Waals surface area contributed by atoms with E-state index in [1.165, 1.54) is 54.5 Å². The summed E-state index contributed by atoms with van der Waals surface area (Å²) >= 11 is 0. The van der Waals surface area contributed by atoms with Crippen LogP contribution in [0.5, 0.6) is 0 Å². The van der Waals surface area contributed by atoms with Gasteiger partial charge in [-0.2, -0.15) is 0 Å². The van der Waals surface area contributed by atoms with Crippen LogP contribution in [-0.2, 0) is 15.6 Å². The highest BCUT2D eigenvalue weighted by Gasteiger charge is 2.39. The van der Waals surface area contributed by atoms with Crippen molar-refractivity contribution in [3.05, 3.63) is 81.3 Å². The van der Waals surface area contributed by atoms with E-state index < -0.39 is 0 Å². The van der Waals surface area contributed by atoms with E-state index in [1.807, 2.05) is 18.2 Å². The van der Waals surface area contributed by atoms with Crippen molar-refractivity contribution in [1.29, 1.82) is 5.26 Å². The summed E-state index contributed by atoms with van der Waals surface area (Å²) in [5, 5.41) is 9.52. The second kappa shape index (κ2) is 9.33. The first-order valence-corrected chi connectivity index (χ1v) is 13.5. The lowest BCUT2D eigenvalue weighted by Crippen LogP contribution is -2.44. The number of nitriles is 1. The Hall–Kier alpha value is -3.24. The molecule has 3 heterocycles. The second-order valence-electron chi connectivity index (χ2n) is 12.1. The summed E-state index contributed by atoms with van der Waals surface area (Å²) in [6, 6.07) is 6.79. The van der Waals surface area contributed by atoms with Crippen LogP contribution in [0.3, 0.4) is 0 Å². The molecule has 36 heavy (non-hydrogen) atoms.